The summed E-state index contributed by atoms with van der Waals surface area (Å²) in [6.07, 6.45) is 0. The SMILES string of the molecule is COCCN(C(=O)COc1ccc(Cl)cc1C)c1c(N)n(CC(C)C)c(=O)[nH]c1=O. The summed E-state index contributed by atoms with van der Waals surface area (Å²) in [4.78, 5) is 41.1. The molecule has 0 spiro atoms. The van der Waals surface area contributed by atoms with Crippen molar-refractivity contribution in [2.45, 2.75) is 27.3 Å². The molecular formula is C20H27ClN4O5. The van der Waals surface area contributed by atoms with Crippen LogP contribution in [0.2, 0.25) is 5.02 Å². The van der Waals surface area contributed by atoms with Gasteiger partial charge in [0.05, 0.1) is 6.61 Å². The van der Waals surface area contributed by atoms with Gasteiger partial charge in [-0.15, -0.1) is 0 Å². The molecule has 0 fully saturated rings. The molecule has 3 N–H and O–H groups in total. The minimum absolute atomic E-state index is 0.0610. The molecular weight excluding hydrogens is 412 g/mol. The van der Waals surface area contributed by atoms with Crippen molar-refractivity contribution in [1.82, 2.24) is 9.55 Å². The Morgan fingerprint density at radius 2 is 2.03 bits per heavy atom. The maximum atomic E-state index is 12.9. The first-order valence-electron chi connectivity index (χ1n) is 9.46. The van der Waals surface area contributed by atoms with Crippen LogP contribution in [-0.4, -0.2) is 42.3 Å². The number of anilines is 2. The first-order chi connectivity index (χ1) is 14.1. The summed E-state index contributed by atoms with van der Waals surface area (Å²) in [5.41, 5.74) is 5.44. The summed E-state index contributed by atoms with van der Waals surface area (Å²) in [5, 5.41) is 0.555. The molecule has 164 valence electrons. The lowest BCUT2D eigenvalue weighted by molar-refractivity contribution is -0.120. The van der Waals surface area contributed by atoms with Crippen molar-refractivity contribution < 1.29 is 14.3 Å². The zero-order chi connectivity index (χ0) is 22.4. The third kappa shape index (κ3) is 5.64. The molecule has 0 aliphatic rings. The van der Waals surface area contributed by atoms with Gasteiger partial charge in [0.2, 0.25) is 0 Å². The van der Waals surface area contributed by atoms with Gasteiger partial charge in [0.1, 0.15) is 11.6 Å². The number of rotatable bonds is 9. The van der Waals surface area contributed by atoms with Crippen LogP contribution in [-0.2, 0) is 16.1 Å². The fourth-order valence-corrected chi connectivity index (χ4v) is 3.15. The van der Waals surface area contributed by atoms with Crippen LogP contribution >= 0.6 is 11.6 Å². The van der Waals surface area contributed by atoms with Crippen molar-refractivity contribution in [3.05, 3.63) is 49.6 Å². The Morgan fingerprint density at radius 1 is 1.33 bits per heavy atom. The van der Waals surface area contributed by atoms with Crippen LogP contribution in [0.5, 0.6) is 5.75 Å². The lowest BCUT2D eigenvalue weighted by atomic mass is 10.2. The van der Waals surface area contributed by atoms with Crippen molar-refractivity contribution in [2.24, 2.45) is 5.92 Å². The van der Waals surface area contributed by atoms with E-state index in [1.807, 2.05) is 13.8 Å². The summed E-state index contributed by atoms with van der Waals surface area (Å²) in [5.74, 6) is 0.00659. The number of aromatic amines is 1. The summed E-state index contributed by atoms with van der Waals surface area (Å²) in [6, 6.07) is 5.03. The molecule has 2 aromatic rings. The van der Waals surface area contributed by atoms with E-state index in [2.05, 4.69) is 4.98 Å². The van der Waals surface area contributed by atoms with E-state index in [9.17, 15) is 14.4 Å². The number of amides is 1. The third-order valence-corrected chi connectivity index (χ3v) is 4.58. The van der Waals surface area contributed by atoms with Crippen molar-refractivity contribution in [3.63, 3.8) is 0 Å². The van der Waals surface area contributed by atoms with E-state index >= 15 is 0 Å². The number of H-pyrrole nitrogens is 1. The Kier molecular flexibility index (Phi) is 8.08. The topological polar surface area (TPSA) is 120 Å². The number of nitrogens with one attached hydrogen (secondary N) is 1. The van der Waals surface area contributed by atoms with Crippen molar-refractivity contribution in [1.29, 1.82) is 0 Å². The highest BCUT2D eigenvalue weighted by molar-refractivity contribution is 6.30. The second-order valence-corrected chi connectivity index (χ2v) is 7.67. The first-order valence-corrected chi connectivity index (χ1v) is 9.84. The van der Waals surface area contributed by atoms with E-state index in [0.29, 0.717) is 17.3 Å². The standard InChI is InChI=1S/C20H27ClN4O5/c1-12(2)10-25-18(22)17(19(27)23-20(25)28)24(7-8-29-4)16(26)11-30-15-6-5-14(21)9-13(15)3/h5-6,9,12H,7-8,10-11,22H2,1-4H3,(H,23,27,28). The molecule has 0 unspecified atom stereocenters. The number of halogens is 1. The number of hydrogen-bond acceptors (Lipinski definition) is 6. The highest BCUT2D eigenvalue weighted by Crippen LogP contribution is 2.22. The fraction of sp³-hybridized carbons (Fsp3) is 0.450. The van der Waals surface area contributed by atoms with Gasteiger partial charge in [-0.1, -0.05) is 25.4 Å². The molecule has 0 radical (unpaired) electrons. The Morgan fingerprint density at radius 3 is 2.63 bits per heavy atom. The lowest BCUT2D eigenvalue weighted by Gasteiger charge is -2.25. The predicted molar refractivity (Wildman–Crippen MR) is 116 cm³/mol. The third-order valence-electron chi connectivity index (χ3n) is 4.34. The number of nitrogens with zero attached hydrogens (tertiary/aromatic N) is 2. The summed E-state index contributed by atoms with van der Waals surface area (Å²) < 4.78 is 11.9. The van der Waals surface area contributed by atoms with E-state index in [4.69, 9.17) is 26.8 Å². The molecule has 1 amide bonds. The number of carbonyl (C=O) groups is 1. The maximum absolute atomic E-state index is 12.9. The second kappa shape index (κ2) is 10.3. The molecule has 1 aromatic carbocycles. The van der Waals surface area contributed by atoms with Crippen molar-refractivity contribution in [2.75, 3.05) is 37.5 Å². The molecule has 0 aliphatic heterocycles. The number of aryl methyl sites for hydroxylation is 1. The van der Waals surface area contributed by atoms with Gasteiger partial charge >= 0.3 is 5.69 Å². The van der Waals surface area contributed by atoms with Crippen LogP contribution in [0.25, 0.3) is 0 Å². The van der Waals surface area contributed by atoms with Gasteiger partial charge in [0, 0.05) is 25.2 Å². The van der Waals surface area contributed by atoms with Crippen LogP contribution in [0.1, 0.15) is 19.4 Å². The molecule has 9 nitrogen and oxygen atoms in total. The van der Waals surface area contributed by atoms with Crippen molar-refractivity contribution in [3.8, 4) is 5.75 Å². The smallest absolute Gasteiger partial charge is 0.330 e. The zero-order valence-electron chi connectivity index (χ0n) is 17.5. The minimum atomic E-state index is -0.746. The molecule has 1 aromatic heterocycles. The highest BCUT2D eigenvalue weighted by Gasteiger charge is 2.25. The average Bonchev–Trinajstić information content (AvgIpc) is 2.66. The molecule has 30 heavy (non-hydrogen) atoms. The molecule has 0 bridgehead atoms. The van der Waals surface area contributed by atoms with Gasteiger partial charge in [0.25, 0.3) is 11.5 Å². The quantitative estimate of drug-likeness (QED) is 0.616. The summed E-state index contributed by atoms with van der Waals surface area (Å²) >= 11 is 5.94. The fourth-order valence-electron chi connectivity index (χ4n) is 2.92. The van der Waals surface area contributed by atoms with Crippen LogP contribution in [0.4, 0.5) is 11.5 Å². The Balaban J connectivity index is 2.38. The average molecular weight is 439 g/mol. The Hall–Kier alpha value is -2.78. The first kappa shape index (κ1) is 23.5. The van der Waals surface area contributed by atoms with Crippen LogP contribution in [0, 0.1) is 12.8 Å². The summed E-state index contributed by atoms with van der Waals surface area (Å²) in [7, 11) is 1.48. The van der Waals surface area contributed by atoms with E-state index in [0.717, 1.165) is 5.56 Å². The van der Waals surface area contributed by atoms with Gasteiger partial charge in [-0.05, 0) is 36.6 Å². The van der Waals surface area contributed by atoms with Gasteiger partial charge in [-0.2, -0.15) is 0 Å². The Bertz CT molecular complexity index is 1020. The number of nitrogens with two attached hydrogens (primary N) is 1. The van der Waals surface area contributed by atoms with Gasteiger partial charge in [-0.3, -0.25) is 24.0 Å². The number of methoxy groups -OCH3 is 1. The number of hydrogen-bond donors (Lipinski definition) is 2. The number of carbonyl (C=O) groups excluding carboxylic acids is 1. The monoisotopic (exact) mass is 438 g/mol. The number of ether oxygens (including phenoxy) is 2. The normalized spacial score (nSPS) is 11.0. The molecule has 0 saturated carbocycles. The van der Waals surface area contributed by atoms with Crippen LogP contribution < -0.4 is 26.6 Å². The highest BCUT2D eigenvalue weighted by atomic mass is 35.5. The van der Waals surface area contributed by atoms with E-state index in [-0.39, 0.29) is 37.2 Å². The van der Waals surface area contributed by atoms with Crippen LogP contribution in [0.3, 0.4) is 0 Å². The van der Waals surface area contributed by atoms with Crippen molar-refractivity contribution >= 4 is 29.0 Å². The largest absolute Gasteiger partial charge is 0.483 e. The molecule has 2 rings (SSSR count). The van der Waals surface area contributed by atoms with Gasteiger partial charge in [-0.25, -0.2) is 4.79 Å². The second-order valence-electron chi connectivity index (χ2n) is 7.23. The number of aromatic nitrogens is 2. The van der Waals surface area contributed by atoms with Crippen LogP contribution in [0.15, 0.2) is 27.8 Å². The van der Waals surface area contributed by atoms with E-state index in [1.165, 1.54) is 16.6 Å². The minimum Gasteiger partial charge on any atom is -0.483 e. The molecule has 0 aliphatic carbocycles. The molecule has 1 heterocycles. The molecule has 0 atom stereocenters. The molecule has 10 heteroatoms. The number of nitrogen functional groups attached to an aromatic ring is 1. The predicted octanol–water partition coefficient (Wildman–Crippen LogP) is 1.80. The Labute approximate surface area is 179 Å². The molecule has 0 saturated heterocycles. The van der Waals surface area contributed by atoms with E-state index < -0.39 is 17.2 Å². The maximum Gasteiger partial charge on any atom is 0.330 e. The summed E-state index contributed by atoms with van der Waals surface area (Å²) in [6.45, 7) is 5.80. The van der Waals surface area contributed by atoms with Gasteiger partial charge < -0.3 is 15.2 Å². The van der Waals surface area contributed by atoms with Gasteiger partial charge in [0.15, 0.2) is 12.3 Å². The van der Waals surface area contributed by atoms with E-state index in [1.54, 1.807) is 25.1 Å². The lowest BCUT2D eigenvalue weighted by Crippen LogP contribution is -2.44. The number of benzene rings is 1. The zero-order valence-corrected chi connectivity index (χ0v) is 18.3.